The fourth-order valence-electron chi connectivity index (χ4n) is 0.771. The fourth-order valence-corrected chi connectivity index (χ4v) is 0.771. The van der Waals surface area contributed by atoms with Gasteiger partial charge in [-0.3, -0.25) is 0 Å². The summed E-state index contributed by atoms with van der Waals surface area (Å²) >= 11 is 0. The van der Waals surface area contributed by atoms with Crippen molar-refractivity contribution in [3.05, 3.63) is 4.91 Å². The maximum absolute atomic E-state index is 9.73. The molecule has 0 aliphatic rings. The van der Waals surface area contributed by atoms with Crippen molar-refractivity contribution in [2.45, 2.75) is 33.1 Å². The predicted octanol–water partition coefficient (Wildman–Crippen LogP) is 2.58. The van der Waals surface area contributed by atoms with Gasteiger partial charge in [0.15, 0.2) is 0 Å². The second kappa shape index (κ2) is 5.73. The van der Waals surface area contributed by atoms with Gasteiger partial charge < -0.3 is 0 Å². The number of nitroso groups, excluding NO2 is 1. The molecule has 0 fully saturated rings. The van der Waals surface area contributed by atoms with Crippen molar-refractivity contribution in [1.29, 1.82) is 0 Å². The minimum Gasteiger partial charge on any atom is -0.151 e. The maximum atomic E-state index is 9.73. The minimum atomic E-state index is 0.486. The Morgan fingerprint density at radius 3 is 2.67 bits per heavy atom. The van der Waals surface area contributed by atoms with Gasteiger partial charge in [-0.1, -0.05) is 31.9 Å². The minimum absolute atomic E-state index is 0.486. The summed E-state index contributed by atoms with van der Waals surface area (Å²) in [6.45, 7) is 4.71. The van der Waals surface area contributed by atoms with Crippen molar-refractivity contribution in [3.8, 4) is 0 Å². The van der Waals surface area contributed by atoms with E-state index in [4.69, 9.17) is 0 Å². The van der Waals surface area contributed by atoms with Crippen LogP contribution in [0.2, 0.25) is 0 Å². The van der Waals surface area contributed by atoms with Crippen LogP contribution in [0.15, 0.2) is 5.18 Å². The molecule has 0 bridgehead atoms. The molecule has 0 radical (unpaired) electrons. The van der Waals surface area contributed by atoms with Gasteiger partial charge in [0.05, 0.1) is 6.54 Å². The molecular weight excluding hydrogens is 114 g/mol. The van der Waals surface area contributed by atoms with Gasteiger partial charge in [-0.2, -0.15) is 4.91 Å². The van der Waals surface area contributed by atoms with E-state index in [1.807, 2.05) is 0 Å². The number of nitrogens with zero attached hydrogens (tertiary/aromatic N) is 1. The molecule has 0 aliphatic carbocycles. The molecule has 0 unspecified atom stereocenters. The fraction of sp³-hybridized carbons (Fsp3) is 1.00. The quantitative estimate of drug-likeness (QED) is 0.524. The van der Waals surface area contributed by atoms with E-state index in [0.29, 0.717) is 12.5 Å². The molecular formula is C7H15NO. The lowest BCUT2D eigenvalue weighted by molar-refractivity contribution is 0.516. The van der Waals surface area contributed by atoms with Crippen molar-refractivity contribution in [2.24, 2.45) is 11.1 Å². The van der Waals surface area contributed by atoms with E-state index < -0.39 is 0 Å². The molecule has 0 amide bonds. The zero-order valence-electron chi connectivity index (χ0n) is 6.26. The first-order valence-corrected chi connectivity index (χ1v) is 3.60. The number of hydrogen-bond acceptors (Lipinski definition) is 2. The molecule has 0 saturated carbocycles. The van der Waals surface area contributed by atoms with E-state index in [1.54, 1.807) is 0 Å². The van der Waals surface area contributed by atoms with Crippen LogP contribution in [0.3, 0.4) is 0 Å². The van der Waals surface area contributed by atoms with Gasteiger partial charge >= 0.3 is 0 Å². The van der Waals surface area contributed by atoms with Crippen LogP contribution in [-0.4, -0.2) is 6.54 Å². The SMILES string of the molecule is CCCC[C@H](C)CN=O. The summed E-state index contributed by atoms with van der Waals surface area (Å²) in [4.78, 5) is 9.73. The van der Waals surface area contributed by atoms with Crippen molar-refractivity contribution in [2.75, 3.05) is 6.54 Å². The van der Waals surface area contributed by atoms with Crippen LogP contribution in [-0.2, 0) is 0 Å². The summed E-state index contributed by atoms with van der Waals surface area (Å²) in [6.07, 6.45) is 3.57. The van der Waals surface area contributed by atoms with E-state index >= 15 is 0 Å². The van der Waals surface area contributed by atoms with E-state index in [1.165, 1.54) is 12.8 Å². The van der Waals surface area contributed by atoms with E-state index in [0.717, 1.165) is 6.42 Å². The molecule has 2 nitrogen and oxygen atoms in total. The Morgan fingerprint density at radius 2 is 2.22 bits per heavy atom. The number of unbranched alkanes of at least 4 members (excludes halogenated alkanes) is 1. The zero-order valence-corrected chi connectivity index (χ0v) is 6.26. The standard InChI is InChI=1S/C7H15NO/c1-3-4-5-7(2)6-8-9/h7H,3-6H2,1-2H3/t7-/m0/s1. The summed E-state index contributed by atoms with van der Waals surface area (Å²) in [5.41, 5.74) is 0. The van der Waals surface area contributed by atoms with Crippen molar-refractivity contribution in [1.82, 2.24) is 0 Å². The first-order valence-electron chi connectivity index (χ1n) is 3.60. The number of rotatable bonds is 5. The van der Waals surface area contributed by atoms with Crippen LogP contribution >= 0.6 is 0 Å². The molecule has 0 saturated heterocycles. The van der Waals surface area contributed by atoms with Crippen molar-refractivity contribution < 1.29 is 0 Å². The third-order valence-electron chi connectivity index (χ3n) is 1.44. The second-order valence-electron chi connectivity index (χ2n) is 2.56. The molecule has 0 aromatic rings. The second-order valence-corrected chi connectivity index (χ2v) is 2.56. The van der Waals surface area contributed by atoms with Crippen LogP contribution in [0, 0.1) is 10.8 Å². The van der Waals surface area contributed by atoms with Crippen LogP contribution in [0.1, 0.15) is 33.1 Å². The van der Waals surface area contributed by atoms with E-state index in [2.05, 4.69) is 19.0 Å². The van der Waals surface area contributed by atoms with Gasteiger partial charge in [-0.15, -0.1) is 0 Å². The molecule has 0 heterocycles. The van der Waals surface area contributed by atoms with Gasteiger partial charge in [0.25, 0.3) is 0 Å². The van der Waals surface area contributed by atoms with Crippen molar-refractivity contribution in [3.63, 3.8) is 0 Å². The zero-order chi connectivity index (χ0) is 7.11. The van der Waals surface area contributed by atoms with E-state index in [9.17, 15) is 4.91 Å². The van der Waals surface area contributed by atoms with Gasteiger partial charge in [0.2, 0.25) is 0 Å². The predicted molar refractivity (Wildman–Crippen MR) is 39.4 cm³/mol. The smallest absolute Gasteiger partial charge is 0.0836 e. The van der Waals surface area contributed by atoms with Crippen LogP contribution in [0.5, 0.6) is 0 Å². The average Bonchev–Trinajstić information content (AvgIpc) is 1.85. The molecule has 54 valence electrons. The van der Waals surface area contributed by atoms with Gasteiger partial charge in [-0.25, -0.2) is 0 Å². The first kappa shape index (κ1) is 8.60. The lowest BCUT2D eigenvalue weighted by Gasteiger charge is -2.02. The Morgan fingerprint density at radius 1 is 1.56 bits per heavy atom. The molecule has 0 aliphatic heterocycles. The summed E-state index contributed by atoms with van der Waals surface area (Å²) in [5, 5.41) is 2.84. The topological polar surface area (TPSA) is 29.4 Å². The molecule has 0 aromatic heterocycles. The van der Waals surface area contributed by atoms with Crippen molar-refractivity contribution >= 4 is 0 Å². The van der Waals surface area contributed by atoms with Gasteiger partial charge in [0.1, 0.15) is 0 Å². The molecule has 9 heavy (non-hydrogen) atoms. The first-order chi connectivity index (χ1) is 4.31. The highest BCUT2D eigenvalue weighted by Crippen LogP contribution is 2.06. The lowest BCUT2D eigenvalue weighted by Crippen LogP contribution is -1.97. The Hall–Kier alpha value is -0.400. The van der Waals surface area contributed by atoms with Crippen LogP contribution in [0.25, 0.3) is 0 Å². The monoisotopic (exact) mass is 129 g/mol. The molecule has 1 atom stereocenters. The highest BCUT2D eigenvalue weighted by atomic mass is 16.3. The molecule has 0 aromatic carbocycles. The Balaban J connectivity index is 3.04. The highest BCUT2D eigenvalue weighted by molar-refractivity contribution is 4.54. The maximum Gasteiger partial charge on any atom is 0.0836 e. The molecule has 0 rings (SSSR count). The average molecular weight is 129 g/mol. The largest absolute Gasteiger partial charge is 0.151 e. The van der Waals surface area contributed by atoms with Crippen LogP contribution < -0.4 is 0 Å². The third-order valence-corrected chi connectivity index (χ3v) is 1.44. The number of hydrogen-bond donors (Lipinski definition) is 0. The van der Waals surface area contributed by atoms with E-state index in [-0.39, 0.29) is 0 Å². The van der Waals surface area contributed by atoms with Gasteiger partial charge in [0, 0.05) is 0 Å². The molecule has 0 spiro atoms. The molecule has 0 N–H and O–H groups in total. The summed E-state index contributed by atoms with van der Waals surface area (Å²) in [6, 6.07) is 0. The van der Waals surface area contributed by atoms with Crippen LogP contribution in [0.4, 0.5) is 0 Å². The normalized spacial score (nSPS) is 13.1. The third kappa shape index (κ3) is 5.47. The summed E-state index contributed by atoms with van der Waals surface area (Å²) < 4.78 is 0. The summed E-state index contributed by atoms with van der Waals surface area (Å²) in [5.74, 6) is 0.488. The van der Waals surface area contributed by atoms with Gasteiger partial charge in [-0.05, 0) is 12.3 Å². The Labute approximate surface area is 56.6 Å². The summed E-state index contributed by atoms with van der Waals surface area (Å²) in [7, 11) is 0. The Bertz CT molecular complexity index is 73.3. The lowest BCUT2D eigenvalue weighted by atomic mass is 10.1. The highest BCUT2D eigenvalue weighted by Gasteiger charge is 1.98. The molecule has 2 heteroatoms. The Kier molecular flexibility index (Phi) is 5.48.